The Morgan fingerprint density at radius 2 is 2.33 bits per heavy atom. The van der Waals surface area contributed by atoms with Crippen molar-refractivity contribution < 1.29 is 0 Å². The van der Waals surface area contributed by atoms with Gasteiger partial charge in [-0.3, -0.25) is 4.68 Å². The van der Waals surface area contributed by atoms with Crippen LogP contribution in [0.5, 0.6) is 0 Å². The molecule has 0 N–H and O–H groups in total. The first-order valence-electron chi connectivity index (χ1n) is 4.12. The van der Waals surface area contributed by atoms with Gasteiger partial charge >= 0.3 is 0 Å². The molecule has 2 rings (SSSR count). The maximum atomic E-state index is 4.40. The average Bonchev–Trinajstić information content (AvgIpc) is 2.46. The van der Waals surface area contributed by atoms with Crippen LogP contribution in [-0.4, -0.2) is 9.78 Å². The predicted octanol–water partition coefficient (Wildman–Crippen LogP) is 2.42. The molecular formula is C10H11N2. The molecule has 0 aliphatic heterocycles. The lowest BCUT2D eigenvalue weighted by molar-refractivity contribution is 0.537. The number of aromatic nitrogens is 2. The van der Waals surface area contributed by atoms with Gasteiger partial charge in [0.25, 0.3) is 0 Å². The monoisotopic (exact) mass is 159 g/mol. The van der Waals surface area contributed by atoms with Crippen molar-refractivity contribution in [2.75, 3.05) is 0 Å². The number of nitrogens with zero attached hydrogens (tertiary/aromatic N) is 2. The standard InChI is InChI=1S/C10H11N2/c1-8(2)12-7-9-5-3-4-6-10(9)11-12/h3,5-8H,1-2H3. The molecule has 0 unspecified atom stereocenters. The van der Waals surface area contributed by atoms with Gasteiger partial charge in [-0.05, 0) is 26.0 Å². The molecule has 0 saturated heterocycles. The van der Waals surface area contributed by atoms with E-state index in [1.807, 2.05) is 22.9 Å². The smallest absolute Gasteiger partial charge is 0.0929 e. The molecule has 0 amide bonds. The summed E-state index contributed by atoms with van der Waals surface area (Å²) in [6.45, 7) is 4.24. The summed E-state index contributed by atoms with van der Waals surface area (Å²) in [4.78, 5) is 0. The third-order valence-corrected chi connectivity index (χ3v) is 1.90. The number of hydrogen-bond acceptors (Lipinski definition) is 1. The topological polar surface area (TPSA) is 17.8 Å². The van der Waals surface area contributed by atoms with Crippen molar-refractivity contribution >= 4 is 10.9 Å². The minimum absolute atomic E-state index is 0.428. The first kappa shape index (κ1) is 7.35. The Hall–Kier alpha value is -1.31. The van der Waals surface area contributed by atoms with Gasteiger partial charge in [-0.15, -0.1) is 0 Å². The van der Waals surface area contributed by atoms with Crippen LogP contribution >= 0.6 is 0 Å². The zero-order valence-corrected chi connectivity index (χ0v) is 7.28. The highest BCUT2D eigenvalue weighted by molar-refractivity contribution is 5.77. The Labute approximate surface area is 71.8 Å². The van der Waals surface area contributed by atoms with Crippen molar-refractivity contribution in [1.29, 1.82) is 0 Å². The second-order valence-electron chi connectivity index (χ2n) is 3.19. The molecule has 0 fully saturated rings. The molecule has 12 heavy (non-hydrogen) atoms. The maximum absolute atomic E-state index is 4.40. The van der Waals surface area contributed by atoms with Crippen molar-refractivity contribution in [3.63, 3.8) is 0 Å². The summed E-state index contributed by atoms with van der Waals surface area (Å²) in [6, 6.07) is 9.29. The number of fused-ring (bicyclic) bond motifs is 1. The zero-order valence-electron chi connectivity index (χ0n) is 7.28. The van der Waals surface area contributed by atoms with E-state index in [4.69, 9.17) is 0 Å². The van der Waals surface area contributed by atoms with Crippen LogP contribution in [0.1, 0.15) is 19.9 Å². The van der Waals surface area contributed by atoms with Gasteiger partial charge in [-0.1, -0.05) is 12.1 Å². The largest absolute Gasteiger partial charge is 0.269 e. The number of benzene rings is 1. The van der Waals surface area contributed by atoms with E-state index in [0.717, 1.165) is 5.52 Å². The fourth-order valence-electron chi connectivity index (χ4n) is 1.19. The van der Waals surface area contributed by atoms with Gasteiger partial charge in [0.05, 0.1) is 5.52 Å². The number of hydrogen-bond donors (Lipinski definition) is 0. The average molecular weight is 159 g/mol. The summed E-state index contributed by atoms with van der Waals surface area (Å²) in [5, 5.41) is 5.58. The Bertz CT molecular complexity index is 354. The predicted molar refractivity (Wildman–Crippen MR) is 49.0 cm³/mol. The van der Waals surface area contributed by atoms with E-state index in [9.17, 15) is 0 Å². The van der Waals surface area contributed by atoms with Gasteiger partial charge in [0.1, 0.15) is 0 Å². The molecule has 1 radical (unpaired) electrons. The number of rotatable bonds is 1. The second kappa shape index (κ2) is 2.63. The van der Waals surface area contributed by atoms with Crippen molar-refractivity contribution in [3.05, 3.63) is 30.5 Å². The van der Waals surface area contributed by atoms with Crippen molar-refractivity contribution in [2.24, 2.45) is 0 Å². The molecule has 0 aliphatic carbocycles. The molecule has 1 heterocycles. The Balaban J connectivity index is 2.62. The van der Waals surface area contributed by atoms with E-state index in [1.54, 1.807) is 0 Å². The molecule has 0 bridgehead atoms. The van der Waals surface area contributed by atoms with Crippen molar-refractivity contribution in [2.45, 2.75) is 19.9 Å². The highest BCUT2D eigenvalue weighted by atomic mass is 15.3. The van der Waals surface area contributed by atoms with E-state index in [0.29, 0.717) is 6.04 Å². The van der Waals surface area contributed by atoms with Crippen LogP contribution in [0.2, 0.25) is 0 Å². The summed E-state index contributed by atoms with van der Waals surface area (Å²) in [6.07, 6.45) is 2.06. The van der Waals surface area contributed by atoms with Crippen LogP contribution < -0.4 is 0 Å². The molecule has 0 aliphatic rings. The van der Waals surface area contributed by atoms with Gasteiger partial charge in [0, 0.05) is 17.6 Å². The lowest BCUT2D eigenvalue weighted by Crippen LogP contribution is -1.99. The van der Waals surface area contributed by atoms with E-state index >= 15 is 0 Å². The highest BCUT2D eigenvalue weighted by Gasteiger charge is 2.01. The van der Waals surface area contributed by atoms with E-state index < -0.39 is 0 Å². The molecule has 2 aromatic rings. The molecular weight excluding hydrogens is 148 g/mol. The van der Waals surface area contributed by atoms with Gasteiger partial charge in [-0.25, -0.2) is 0 Å². The third kappa shape index (κ3) is 1.09. The van der Waals surface area contributed by atoms with Crippen LogP contribution in [0, 0.1) is 6.07 Å². The van der Waals surface area contributed by atoms with Gasteiger partial charge < -0.3 is 0 Å². The Morgan fingerprint density at radius 1 is 1.50 bits per heavy atom. The summed E-state index contributed by atoms with van der Waals surface area (Å²) in [7, 11) is 0. The van der Waals surface area contributed by atoms with Crippen LogP contribution in [0.15, 0.2) is 24.4 Å². The fraction of sp³-hybridized carbons (Fsp3) is 0.300. The first-order valence-corrected chi connectivity index (χ1v) is 4.12. The van der Waals surface area contributed by atoms with Gasteiger partial charge in [0.2, 0.25) is 0 Å². The molecule has 1 aromatic carbocycles. The minimum atomic E-state index is 0.428. The lowest BCUT2D eigenvalue weighted by Gasteiger charge is -2.02. The molecule has 0 saturated carbocycles. The molecule has 1 aromatic heterocycles. The van der Waals surface area contributed by atoms with E-state index in [-0.39, 0.29) is 0 Å². The fourth-order valence-corrected chi connectivity index (χ4v) is 1.19. The third-order valence-electron chi connectivity index (χ3n) is 1.90. The summed E-state index contributed by atoms with van der Waals surface area (Å²) in [5.41, 5.74) is 1.02. The maximum Gasteiger partial charge on any atom is 0.0929 e. The molecule has 2 heteroatoms. The summed E-state index contributed by atoms with van der Waals surface area (Å²) < 4.78 is 1.97. The van der Waals surface area contributed by atoms with Crippen LogP contribution in [0.4, 0.5) is 0 Å². The quantitative estimate of drug-likeness (QED) is 0.624. The van der Waals surface area contributed by atoms with Gasteiger partial charge in [0.15, 0.2) is 0 Å². The zero-order chi connectivity index (χ0) is 8.55. The Morgan fingerprint density at radius 3 is 3.00 bits per heavy atom. The van der Waals surface area contributed by atoms with Crippen LogP contribution in [0.3, 0.4) is 0 Å². The minimum Gasteiger partial charge on any atom is -0.269 e. The van der Waals surface area contributed by atoms with Crippen LogP contribution in [0.25, 0.3) is 10.9 Å². The lowest BCUT2D eigenvalue weighted by atomic mass is 10.3. The van der Waals surface area contributed by atoms with Crippen molar-refractivity contribution in [3.8, 4) is 0 Å². The summed E-state index contributed by atoms with van der Waals surface area (Å²) in [5.74, 6) is 0. The van der Waals surface area contributed by atoms with Crippen molar-refractivity contribution in [1.82, 2.24) is 9.78 Å². The van der Waals surface area contributed by atoms with E-state index in [2.05, 4.69) is 31.2 Å². The molecule has 0 atom stereocenters. The summed E-state index contributed by atoms with van der Waals surface area (Å²) >= 11 is 0. The Kier molecular flexibility index (Phi) is 1.61. The molecule has 2 nitrogen and oxygen atoms in total. The highest BCUT2D eigenvalue weighted by Crippen LogP contribution is 2.13. The van der Waals surface area contributed by atoms with Gasteiger partial charge in [-0.2, -0.15) is 5.10 Å². The molecule has 61 valence electrons. The van der Waals surface area contributed by atoms with Crippen LogP contribution in [-0.2, 0) is 0 Å². The first-order chi connectivity index (χ1) is 5.77. The van der Waals surface area contributed by atoms with E-state index in [1.165, 1.54) is 5.39 Å². The molecule has 0 spiro atoms. The normalized spacial score (nSPS) is 11.2. The SMILES string of the molecule is CC(C)n1cc2cc[c]cc2n1. The second-order valence-corrected chi connectivity index (χ2v) is 3.19.